The summed E-state index contributed by atoms with van der Waals surface area (Å²) in [5.74, 6) is 0.314. The topological polar surface area (TPSA) is 74.3 Å². The molecule has 1 aliphatic carbocycles. The number of benzene rings is 2. The van der Waals surface area contributed by atoms with Gasteiger partial charge in [-0.15, -0.1) is 0 Å². The van der Waals surface area contributed by atoms with Crippen LogP contribution in [0.5, 0.6) is 5.75 Å². The molecular weight excluding hydrogens is 522 g/mol. The van der Waals surface area contributed by atoms with Crippen molar-refractivity contribution in [1.82, 2.24) is 4.90 Å². The molecule has 40 heavy (non-hydrogen) atoms. The number of aryl methyl sites for hydroxylation is 1. The first-order valence-corrected chi connectivity index (χ1v) is 17.3. The van der Waals surface area contributed by atoms with E-state index in [0.29, 0.717) is 6.42 Å². The van der Waals surface area contributed by atoms with Crippen LogP contribution in [0.3, 0.4) is 0 Å². The summed E-state index contributed by atoms with van der Waals surface area (Å²) in [5.41, 5.74) is 2.83. The number of hydrogen-bond acceptors (Lipinski definition) is 6. The second-order valence-corrected chi connectivity index (χ2v) is 17.4. The fraction of sp³-hybridized carbons (Fsp3) is 0.562. The molecule has 0 aromatic heterocycles. The number of carbonyl (C=O) groups excluding carboxylic acids is 2. The van der Waals surface area contributed by atoms with Crippen molar-refractivity contribution >= 4 is 20.3 Å². The predicted octanol–water partition coefficient (Wildman–Crippen LogP) is 6.98. The maximum atomic E-state index is 14.5. The van der Waals surface area contributed by atoms with Gasteiger partial charge in [0, 0.05) is 0 Å². The van der Waals surface area contributed by atoms with E-state index >= 15 is 0 Å². The van der Waals surface area contributed by atoms with E-state index in [-0.39, 0.29) is 17.7 Å². The summed E-state index contributed by atoms with van der Waals surface area (Å²) < 4.78 is 24.8. The molecule has 1 saturated carbocycles. The van der Waals surface area contributed by atoms with E-state index in [2.05, 4.69) is 33.9 Å². The number of hydrogen-bond donors (Lipinski definition) is 0. The molecule has 8 heteroatoms. The van der Waals surface area contributed by atoms with Crippen LogP contribution in [-0.4, -0.2) is 57.2 Å². The van der Waals surface area contributed by atoms with Gasteiger partial charge in [-0.25, -0.2) is 9.69 Å². The first kappa shape index (κ1) is 30.3. The molecule has 2 fully saturated rings. The second kappa shape index (κ2) is 12.5. The molecule has 0 unspecified atom stereocenters. The number of nitrogens with zero attached hydrogens (tertiary/aromatic N) is 1. The smallest absolute Gasteiger partial charge is 0.417 e. The van der Waals surface area contributed by atoms with Gasteiger partial charge in [-0.3, -0.25) is 4.79 Å². The number of cyclic esters (lactones) is 1. The Kier molecular flexibility index (Phi) is 9.43. The summed E-state index contributed by atoms with van der Waals surface area (Å²) >= 11 is 0. The molecule has 0 N–H and O–H groups in total. The number of imide groups is 1. The summed E-state index contributed by atoms with van der Waals surface area (Å²) in [6, 6.07) is 15.4. The number of carbonyl (C=O) groups is 2. The van der Waals surface area contributed by atoms with Gasteiger partial charge in [-0.05, 0) is 67.1 Å². The summed E-state index contributed by atoms with van der Waals surface area (Å²) in [6.07, 6.45) is 1.97. The van der Waals surface area contributed by atoms with Crippen molar-refractivity contribution in [1.29, 1.82) is 0 Å². The zero-order valence-electron chi connectivity index (χ0n) is 25.1. The molecule has 7 nitrogen and oxygen atoms in total. The summed E-state index contributed by atoms with van der Waals surface area (Å²) in [5, 5.41) is -0.108. The molecule has 4 rings (SSSR count). The van der Waals surface area contributed by atoms with E-state index in [9.17, 15) is 9.59 Å². The Balaban J connectivity index is 1.76. The van der Waals surface area contributed by atoms with Crippen LogP contribution >= 0.6 is 0 Å². The van der Waals surface area contributed by atoms with E-state index in [0.717, 1.165) is 48.1 Å². The average Bonchev–Trinajstić information content (AvgIpc) is 3.55. The number of methoxy groups -OCH3 is 1. The van der Waals surface area contributed by atoms with Crippen LogP contribution in [0.15, 0.2) is 48.5 Å². The van der Waals surface area contributed by atoms with Gasteiger partial charge in [0.05, 0.1) is 19.3 Å². The summed E-state index contributed by atoms with van der Waals surface area (Å²) in [6.45, 7) is 13.0. The Bertz CT molecular complexity index is 1170. The van der Waals surface area contributed by atoms with Crippen LogP contribution in [0.2, 0.25) is 18.1 Å². The fourth-order valence-corrected chi connectivity index (χ4v) is 6.46. The molecule has 2 aromatic carbocycles. The van der Waals surface area contributed by atoms with Crippen molar-refractivity contribution in [2.75, 3.05) is 13.7 Å². The minimum Gasteiger partial charge on any atom is -0.496 e. The lowest BCUT2D eigenvalue weighted by Crippen LogP contribution is -2.52. The molecule has 1 heterocycles. The van der Waals surface area contributed by atoms with Crippen molar-refractivity contribution in [3.05, 3.63) is 65.2 Å². The lowest BCUT2D eigenvalue weighted by Gasteiger charge is -2.42. The fourth-order valence-electron chi connectivity index (χ4n) is 5.21. The number of rotatable bonds is 10. The molecule has 1 aliphatic heterocycles. The van der Waals surface area contributed by atoms with Crippen LogP contribution in [0.25, 0.3) is 0 Å². The van der Waals surface area contributed by atoms with Crippen LogP contribution in [0, 0.1) is 6.92 Å². The van der Waals surface area contributed by atoms with Crippen molar-refractivity contribution in [3.8, 4) is 5.75 Å². The Hall–Kier alpha value is -2.68. The minimum absolute atomic E-state index is 0.0713. The quantitative estimate of drug-likeness (QED) is 0.288. The first-order valence-electron chi connectivity index (χ1n) is 14.4. The molecule has 3 atom stereocenters. The number of amides is 2. The summed E-state index contributed by atoms with van der Waals surface area (Å²) in [7, 11) is -0.758. The largest absolute Gasteiger partial charge is 0.496 e. The minimum atomic E-state index is -2.40. The predicted molar refractivity (Wildman–Crippen MR) is 158 cm³/mol. The van der Waals surface area contributed by atoms with Gasteiger partial charge < -0.3 is 18.6 Å². The molecule has 2 amide bonds. The van der Waals surface area contributed by atoms with Crippen molar-refractivity contribution in [2.45, 2.75) is 102 Å². The maximum absolute atomic E-state index is 14.5. The van der Waals surface area contributed by atoms with Gasteiger partial charge in [0.25, 0.3) is 5.91 Å². The van der Waals surface area contributed by atoms with Gasteiger partial charge in [0.1, 0.15) is 18.5 Å². The molecule has 2 aromatic rings. The molecule has 0 radical (unpaired) electrons. The highest BCUT2D eigenvalue weighted by molar-refractivity contribution is 6.74. The number of ether oxygens (including phenoxy) is 3. The second-order valence-electron chi connectivity index (χ2n) is 12.6. The standard InChI is InChI=1S/C32H45NO6Si/c1-22-17-18-24(20-27(22)36-5)28(39-40(6,7)32(2,3)4)29(38-26-15-11-12-16-26)30(34)33-25(21-37-31(33)35)19-23-13-9-8-10-14-23/h8-10,13-14,17-18,20,25-26,28-29H,11-12,15-16,19,21H2,1-7H3/t25-,28-,29-/m1/s1. The Morgan fingerprint density at radius 3 is 2.40 bits per heavy atom. The lowest BCUT2D eigenvalue weighted by molar-refractivity contribution is -0.154. The van der Waals surface area contributed by atoms with Crippen molar-refractivity contribution < 1.29 is 28.2 Å². The molecule has 0 bridgehead atoms. The zero-order chi connectivity index (χ0) is 29.1. The maximum Gasteiger partial charge on any atom is 0.417 e. The third kappa shape index (κ3) is 6.78. The monoisotopic (exact) mass is 567 g/mol. The van der Waals surface area contributed by atoms with Gasteiger partial charge >= 0.3 is 6.09 Å². The van der Waals surface area contributed by atoms with Gasteiger partial charge in [0.2, 0.25) is 0 Å². The first-order chi connectivity index (χ1) is 18.9. The Labute approximate surface area is 240 Å². The summed E-state index contributed by atoms with van der Waals surface area (Å²) in [4.78, 5) is 28.9. The van der Waals surface area contributed by atoms with Gasteiger partial charge in [-0.1, -0.05) is 76.1 Å². The van der Waals surface area contributed by atoms with Crippen molar-refractivity contribution in [2.24, 2.45) is 0 Å². The molecule has 2 aliphatic rings. The highest BCUT2D eigenvalue weighted by Crippen LogP contribution is 2.43. The molecule has 1 saturated heterocycles. The van der Waals surface area contributed by atoms with Crippen LogP contribution in [-0.2, 0) is 25.1 Å². The lowest BCUT2D eigenvalue weighted by atomic mass is 9.99. The van der Waals surface area contributed by atoms with Gasteiger partial charge in [-0.2, -0.15) is 0 Å². The third-order valence-corrected chi connectivity index (χ3v) is 13.1. The molecular formula is C32H45NO6Si. The zero-order valence-corrected chi connectivity index (χ0v) is 26.1. The third-order valence-electron chi connectivity index (χ3n) is 8.66. The van der Waals surface area contributed by atoms with Crippen LogP contribution in [0.1, 0.15) is 69.2 Å². The highest BCUT2D eigenvalue weighted by atomic mass is 28.4. The van der Waals surface area contributed by atoms with E-state index in [1.165, 1.54) is 4.90 Å². The molecule has 218 valence electrons. The van der Waals surface area contributed by atoms with E-state index in [1.54, 1.807) is 7.11 Å². The van der Waals surface area contributed by atoms with Crippen LogP contribution in [0.4, 0.5) is 4.79 Å². The van der Waals surface area contributed by atoms with Crippen LogP contribution < -0.4 is 4.74 Å². The van der Waals surface area contributed by atoms with E-state index in [1.807, 2.05) is 55.5 Å². The Morgan fingerprint density at radius 2 is 1.77 bits per heavy atom. The van der Waals surface area contributed by atoms with Crippen molar-refractivity contribution in [3.63, 3.8) is 0 Å². The Morgan fingerprint density at radius 1 is 1.10 bits per heavy atom. The SMILES string of the molecule is COc1cc([C@@H](O[Si](C)(C)C(C)(C)C)[C@@H](OC2CCCC2)C(=O)N2C(=O)OC[C@H]2Cc2ccccc2)ccc1C. The van der Waals surface area contributed by atoms with E-state index < -0.39 is 38.6 Å². The molecule has 0 spiro atoms. The average molecular weight is 568 g/mol. The highest BCUT2D eigenvalue weighted by Gasteiger charge is 2.48. The van der Waals surface area contributed by atoms with E-state index in [4.69, 9.17) is 18.6 Å². The normalized spacial score (nSPS) is 19.9. The van der Waals surface area contributed by atoms with Gasteiger partial charge in [0.15, 0.2) is 14.4 Å².